The maximum atomic E-state index is 6.19. The fourth-order valence-electron chi connectivity index (χ4n) is 3.78. The molecule has 1 aromatic rings. The molecule has 2 nitrogen and oxygen atoms in total. The molecule has 2 aliphatic heterocycles. The summed E-state index contributed by atoms with van der Waals surface area (Å²) in [6.07, 6.45) is 7.49. The highest BCUT2D eigenvalue weighted by atomic mass is 15.2. The molecule has 2 N–H and O–H groups in total. The van der Waals surface area contributed by atoms with Gasteiger partial charge in [0.15, 0.2) is 0 Å². The average Bonchev–Trinajstić information content (AvgIpc) is 2.37. The summed E-state index contributed by atoms with van der Waals surface area (Å²) in [5.74, 6) is 0. The van der Waals surface area contributed by atoms with E-state index < -0.39 is 0 Å². The van der Waals surface area contributed by atoms with Crippen LogP contribution in [-0.4, -0.2) is 18.1 Å². The lowest BCUT2D eigenvalue weighted by Crippen LogP contribution is -2.55. The number of nitrogens with zero attached hydrogens (tertiary/aromatic N) is 1. The fraction of sp³-hybridized carbons (Fsp3) is 0.625. The molecule has 2 saturated heterocycles. The number of fused-ring (bicyclic) bond motifs is 2. The Morgan fingerprint density at radius 2 is 1.94 bits per heavy atom. The van der Waals surface area contributed by atoms with Crippen LogP contribution in [0.2, 0.25) is 0 Å². The van der Waals surface area contributed by atoms with Gasteiger partial charge < -0.3 is 10.6 Å². The number of nitrogens with two attached hydrogens (primary N) is 1. The Bertz CT molecular complexity index is 401. The summed E-state index contributed by atoms with van der Waals surface area (Å²) in [7, 11) is 0. The van der Waals surface area contributed by atoms with Gasteiger partial charge in [-0.2, -0.15) is 0 Å². The molecule has 2 atom stereocenters. The van der Waals surface area contributed by atoms with Gasteiger partial charge in [0, 0.05) is 23.8 Å². The standard InChI is InChI=1S/C16H24N2/c1-2-12-5-3-6-14(9-12)18-15-7-4-8-16(18)11-13(17)10-15/h3,5-6,9,13,15-16H,2,4,7-8,10-11,17H2,1H3. The maximum absolute atomic E-state index is 6.19. The molecule has 0 aromatic heterocycles. The molecule has 0 saturated carbocycles. The third-order valence-corrected chi connectivity index (χ3v) is 4.63. The van der Waals surface area contributed by atoms with Crippen LogP contribution in [0.15, 0.2) is 24.3 Å². The van der Waals surface area contributed by atoms with E-state index in [4.69, 9.17) is 5.73 Å². The van der Waals surface area contributed by atoms with Crippen LogP contribution in [0, 0.1) is 0 Å². The van der Waals surface area contributed by atoms with Crippen molar-refractivity contribution >= 4 is 5.69 Å². The topological polar surface area (TPSA) is 29.3 Å². The first-order chi connectivity index (χ1) is 8.78. The fourth-order valence-corrected chi connectivity index (χ4v) is 3.78. The van der Waals surface area contributed by atoms with Gasteiger partial charge in [0.05, 0.1) is 0 Å². The van der Waals surface area contributed by atoms with Crippen molar-refractivity contribution in [2.24, 2.45) is 5.73 Å². The smallest absolute Gasteiger partial charge is 0.0373 e. The van der Waals surface area contributed by atoms with Gasteiger partial charge >= 0.3 is 0 Å². The molecule has 2 fully saturated rings. The zero-order valence-corrected chi connectivity index (χ0v) is 11.3. The molecular weight excluding hydrogens is 220 g/mol. The van der Waals surface area contributed by atoms with E-state index in [9.17, 15) is 0 Å². The molecule has 2 bridgehead atoms. The summed E-state index contributed by atoms with van der Waals surface area (Å²) in [6, 6.07) is 10.9. The van der Waals surface area contributed by atoms with E-state index in [1.165, 1.54) is 43.4 Å². The van der Waals surface area contributed by atoms with E-state index in [2.05, 4.69) is 36.1 Å². The van der Waals surface area contributed by atoms with Crippen molar-refractivity contribution in [3.8, 4) is 0 Å². The molecule has 0 aliphatic carbocycles. The minimum absolute atomic E-state index is 0.422. The van der Waals surface area contributed by atoms with Gasteiger partial charge in [0.1, 0.15) is 0 Å². The second-order valence-corrected chi connectivity index (χ2v) is 5.90. The first-order valence-corrected chi connectivity index (χ1v) is 7.40. The average molecular weight is 244 g/mol. The number of aryl methyl sites for hydroxylation is 1. The molecule has 3 rings (SSSR count). The second-order valence-electron chi connectivity index (χ2n) is 5.90. The Kier molecular flexibility index (Phi) is 3.29. The van der Waals surface area contributed by atoms with E-state index >= 15 is 0 Å². The monoisotopic (exact) mass is 244 g/mol. The van der Waals surface area contributed by atoms with E-state index in [1.807, 2.05) is 0 Å². The van der Waals surface area contributed by atoms with Crippen LogP contribution in [0.3, 0.4) is 0 Å². The lowest BCUT2D eigenvalue weighted by Gasteiger charge is -2.49. The molecule has 0 radical (unpaired) electrons. The normalized spacial score (nSPS) is 31.4. The predicted molar refractivity (Wildman–Crippen MR) is 76.9 cm³/mol. The van der Waals surface area contributed by atoms with Gasteiger partial charge in [-0.05, 0) is 56.2 Å². The third kappa shape index (κ3) is 2.14. The lowest BCUT2D eigenvalue weighted by molar-refractivity contribution is 0.271. The lowest BCUT2D eigenvalue weighted by atomic mass is 9.81. The van der Waals surface area contributed by atoms with E-state index in [1.54, 1.807) is 0 Å². The number of anilines is 1. The molecule has 0 spiro atoms. The van der Waals surface area contributed by atoms with Crippen LogP contribution in [0.25, 0.3) is 0 Å². The zero-order chi connectivity index (χ0) is 12.5. The zero-order valence-electron chi connectivity index (χ0n) is 11.3. The maximum Gasteiger partial charge on any atom is 0.0373 e. The molecule has 2 heteroatoms. The van der Waals surface area contributed by atoms with Crippen molar-refractivity contribution in [2.45, 2.75) is 63.6 Å². The highest BCUT2D eigenvalue weighted by Gasteiger charge is 2.36. The molecule has 2 aliphatic rings. The van der Waals surface area contributed by atoms with E-state index in [0.717, 1.165) is 6.42 Å². The van der Waals surface area contributed by atoms with Gasteiger partial charge in [-0.25, -0.2) is 0 Å². The summed E-state index contributed by atoms with van der Waals surface area (Å²) in [4.78, 5) is 2.67. The van der Waals surface area contributed by atoms with Gasteiger partial charge in [0.25, 0.3) is 0 Å². The second kappa shape index (κ2) is 4.93. The number of benzene rings is 1. The first-order valence-electron chi connectivity index (χ1n) is 7.40. The van der Waals surface area contributed by atoms with Crippen LogP contribution >= 0.6 is 0 Å². The minimum Gasteiger partial charge on any atom is -0.365 e. The van der Waals surface area contributed by atoms with Crippen molar-refractivity contribution in [2.75, 3.05) is 4.90 Å². The van der Waals surface area contributed by atoms with Crippen LogP contribution in [-0.2, 0) is 6.42 Å². The number of piperidine rings is 2. The Hall–Kier alpha value is -1.02. The first kappa shape index (κ1) is 12.0. The van der Waals surface area contributed by atoms with Gasteiger partial charge in [0.2, 0.25) is 0 Å². The molecule has 18 heavy (non-hydrogen) atoms. The number of hydrogen-bond acceptors (Lipinski definition) is 2. The third-order valence-electron chi connectivity index (χ3n) is 4.63. The molecule has 1 aromatic carbocycles. The summed E-state index contributed by atoms with van der Waals surface area (Å²) < 4.78 is 0. The van der Waals surface area contributed by atoms with Crippen LogP contribution < -0.4 is 10.6 Å². The van der Waals surface area contributed by atoms with Crippen LogP contribution in [0.1, 0.15) is 44.6 Å². The van der Waals surface area contributed by atoms with Crippen molar-refractivity contribution in [1.29, 1.82) is 0 Å². The van der Waals surface area contributed by atoms with Crippen molar-refractivity contribution < 1.29 is 0 Å². The SMILES string of the molecule is CCc1cccc(N2C3CCCC2CC(N)C3)c1. The summed E-state index contributed by atoms with van der Waals surface area (Å²) in [6.45, 7) is 2.23. The predicted octanol–water partition coefficient (Wildman–Crippen LogP) is 3.10. The van der Waals surface area contributed by atoms with Crippen molar-refractivity contribution in [3.63, 3.8) is 0 Å². The Morgan fingerprint density at radius 3 is 2.61 bits per heavy atom. The van der Waals surface area contributed by atoms with Crippen molar-refractivity contribution in [3.05, 3.63) is 29.8 Å². The van der Waals surface area contributed by atoms with Gasteiger partial charge in [-0.15, -0.1) is 0 Å². The highest BCUT2D eigenvalue weighted by Crippen LogP contribution is 2.37. The van der Waals surface area contributed by atoms with E-state index in [-0.39, 0.29) is 0 Å². The quantitative estimate of drug-likeness (QED) is 0.866. The highest BCUT2D eigenvalue weighted by molar-refractivity contribution is 5.51. The van der Waals surface area contributed by atoms with Crippen LogP contribution in [0.5, 0.6) is 0 Å². The summed E-state index contributed by atoms with van der Waals surface area (Å²) in [5, 5.41) is 0. The Morgan fingerprint density at radius 1 is 1.22 bits per heavy atom. The van der Waals surface area contributed by atoms with Gasteiger partial charge in [-0.1, -0.05) is 19.1 Å². The van der Waals surface area contributed by atoms with Crippen LogP contribution in [0.4, 0.5) is 5.69 Å². The molecule has 2 unspecified atom stereocenters. The summed E-state index contributed by atoms with van der Waals surface area (Å²) >= 11 is 0. The molecule has 2 heterocycles. The van der Waals surface area contributed by atoms with Gasteiger partial charge in [-0.3, -0.25) is 0 Å². The molecular formula is C16H24N2. The van der Waals surface area contributed by atoms with Crippen molar-refractivity contribution in [1.82, 2.24) is 0 Å². The molecule has 98 valence electrons. The number of hydrogen-bond donors (Lipinski definition) is 1. The minimum atomic E-state index is 0.422. The number of rotatable bonds is 2. The largest absolute Gasteiger partial charge is 0.365 e. The van der Waals surface area contributed by atoms with E-state index in [0.29, 0.717) is 18.1 Å². The Balaban J connectivity index is 1.90. The molecule has 0 amide bonds. The summed E-state index contributed by atoms with van der Waals surface area (Å²) in [5.41, 5.74) is 9.07. The Labute approximate surface area is 110 Å².